The molecule has 0 aromatic carbocycles. The molecule has 0 aliphatic rings. The van der Waals surface area contributed by atoms with Crippen LogP contribution in [-0.4, -0.2) is 54.8 Å². The lowest BCUT2D eigenvalue weighted by Crippen LogP contribution is -2.72. The molecule has 0 rings (SSSR count). The van der Waals surface area contributed by atoms with Crippen LogP contribution in [-0.2, 0) is 9.53 Å². The maximum atomic E-state index is 13.1. The first-order chi connectivity index (χ1) is 10.8. The van der Waals surface area contributed by atoms with Crippen LogP contribution in [0.5, 0.6) is 0 Å². The topological polar surface area (TPSA) is 26.3 Å². The maximum absolute atomic E-state index is 13.1. The van der Waals surface area contributed by atoms with Crippen molar-refractivity contribution in [2.75, 3.05) is 13.3 Å². The molecule has 0 atom stereocenters. The third-order valence-corrected chi connectivity index (χ3v) is 2.74. The summed E-state index contributed by atoms with van der Waals surface area (Å²) < 4.78 is 170. The Morgan fingerprint density at radius 1 is 0.720 bits per heavy atom. The molecule has 25 heavy (non-hydrogen) atoms. The smallest absolute Gasteiger partial charge is 0.410 e. The number of esters is 1. The summed E-state index contributed by atoms with van der Waals surface area (Å²) in [5.74, 6) is -47.9. The summed E-state index contributed by atoms with van der Waals surface area (Å²) in [5, 5.41) is 0. The van der Waals surface area contributed by atoms with E-state index in [1.165, 1.54) is 0 Å². The lowest BCUT2D eigenvalue weighted by atomic mass is 9.91. The molecule has 0 N–H and O–H groups in total. The lowest BCUT2D eigenvalue weighted by Gasteiger charge is -2.40. The molecule has 0 heterocycles. The summed E-state index contributed by atoms with van der Waals surface area (Å²) >= 11 is 0. The van der Waals surface area contributed by atoms with Crippen molar-refractivity contribution in [1.29, 1.82) is 0 Å². The van der Waals surface area contributed by atoms with Crippen molar-refractivity contribution in [3.63, 3.8) is 0 Å². The zero-order valence-corrected chi connectivity index (χ0v) is 11.6. The quantitative estimate of drug-likeness (QED) is 0.443. The van der Waals surface area contributed by atoms with Gasteiger partial charge in [-0.3, -0.25) is 0 Å². The fourth-order valence-corrected chi connectivity index (χ4v) is 1.26. The second-order valence-corrected chi connectivity index (χ2v) is 4.43. The Labute approximate surface area is 129 Å². The average Bonchev–Trinajstić information content (AvgIpc) is 2.46. The standard InChI is InChI=1S/C10H7F13O2/c1-2-25-4(24)6(14,15)8(18,19)10(22,23)9(20,21)7(16,17)5(12,13)3-11/h2-3H2,1H3. The molecule has 0 unspecified atom stereocenters. The minimum atomic E-state index is -7.92. The summed E-state index contributed by atoms with van der Waals surface area (Å²) in [4.78, 5) is 10.6. The van der Waals surface area contributed by atoms with Crippen LogP contribution in [0.15, 0.2) is 0 Å². The van der Waals surface area contributed by atoms with Crippen LogP contribution in [0.4, 0.5) is 57.1 Å². The van der Waals surface area contributed by atoms with Gasteiger partial charge >= 0.3 is 41.5 Å². The van der Waals surface area contributed by atoms with Gasteiger partial charge in [0.25, 0.3) is 0 Å². The van der Waals surface area contributed by atoms with Crippen LogP contribution in [0, 0.1) is 0 Å². The summed E-state index contributed by atoms with van der Waals surface area (Å²) in [5.41, 5.74) is 0. The van der Waals surface area contributed by atoms with Crippen molar-refractivity contribution in [3.05, 3.63) is 0 Å². The normalized spacial score (nSPS) is 15.3. The molecule has 0 saturated carbocycles. The molecule has 0 aliphatic carbocycles. The number of halogens is 13. The number of ether oxygens (including phenoxy) is 1. The van der Waals surface area contributed by atoms with Crippen molar-refractivity contribution < 1.29 is 66.6 Å². The Bertz CT molecular complexity index is 499. The van der Waals surface area contributed by atoms with Gasteiger partial charge in [0, 0.05) is 0 Å². The van der Waals surface area contributed by atoms with E-state index in [0.29, 0.717) is 6.92 Å². The molecule has 2 nitrogen and oxygen atoms in total. The van der Waals surface area contributed by atoms with Crippen LogP contribution in [0.1, 0.15) is 6.92 Å². The van der Waals surface area contributed by atoms with E-state index in [2.05, 4.69) is 4.74 Å². The van der Waals surface area contributed by atoms with Crippen molar-refractivity contribution in [3.8, 4) is 0 Å². The summed E-state index contributed by atoms with van der Waals surface area (Å²) in [6, 6.07) is 0. The fourth-order valence-electron chi connectivity index (χ4n) is 1.26. The molecule has 0 spiro atoms. The van der Waals surface area contributed by atoms with Gasteiger partial charge in [0.1, 0.15) is 0 Å². The zero-order chi connectivity index (χ0) is 20.7. The summed E-state index contributed by atoms with van der Waals surface area (Å²) in [7, 11) is 0. The first-order valence-corrected chi connectivity index (χ1v) is 5.79. The average molecular weight is 406 g/mol. The van der Waals surface area contributed by atoms with E-state index in [-0.39, 0.29) is 0 Å². The fraction of sp³-hybridized carbons (Fsp3) is 0.900. The number of carbonyl (C=O) groups is 1. The van der Waals surface area contributed by atoms with E-state index in [4.69, 9.17) is 0 Å². The third-order valence-electron chi connectivity index (χ3n) is 2.74. The van der Waals surface area contributed by atoms with Crippen LogP contribution >= 0.6 is 0 Å². The van der Waals surface area contributed by atoms with E-state index in [9.17, 15) is 61.9 Å². The highest BCUT2D eigenvalue weighted by Crippen LogP contribution is 2.60. The highest BCUT2D eigenvalue weighted by Gasteiger charge is 2.91. The monoisotopic (exact) mass is 406 g/mol. The van der Waals surface area contributed by atoms with E-state index < -0.39 is 54.8 Å². The van der Waals surface area contributed by atoms with Gasteiger partial charge < -0.3 is 4.74 Å². The van der Waals surface area contributed by atoms with Crippen LogP contribution < -0.4 is 0 Å². The highest BCUT2D eigenvalue weighted by molar-refractivity contribution is 5.79. The zero-order valence-electron chi connectivity index (χ0n) is 11.6. The predicted molar refractivity (Wildman–Crippen MR) is 52.3 cm³/mol. The second kappa shape index (κ2) is 6.37. The molecule has 15 heteroatoms. The second-order valence-electron chi connectivity index (χ2n) is 4.43. The molecule has 0 aromatic rings. The van der Waals surface area contributed by atoms with Gasteiger partial charge in [-0.15, -0.1) is 0 Å². The Morgan fingerprint density at radius 2 is 1.08 bits per heavy atom. The third kappa shape index (κ3) is 3.09. The molecule has 0 fully saturated rings. The van der Waals surface area contributed by atoms with E-state index in [1.807, 2.05) is 0 Å². The molecule has 0 amide bonds. The summed E-state index contributed by atoms with van der Waals surface area (Å²) in [6.07, 6.45) is 0. The number of hydrogen-bond donors (Lipinski definition) is 0. The maximum Gasteiger partial charge on any atom is 0.410 e. The van der Waals surface area contributed by atoms with Crippen molar-refractivity contribution >= 4 is 5.97 Å². The first kappa shape index (κ1) is 23.6. The number of hydrogen-bond acceptors (Lipinski definition) is 2. The van der Waals surface area contributed by atoms with E-state index in [0.717, 1.165) is 0 Å². The van der Waals surface area contributed by atoms with Gasteiger partial charge in [-0.2, -0.15) is 52.7 Å². The SMILES string of the molecule is CCOC(=O)C(F)(F)C(F)(F)C(F)(F)C(F)(F)C(F)(F)C(F)(F)CF. The predicted octanol–water partition coefficient (Wildman–Crippen LogP) is 4.33. The molecular formula is C10H7F13O2. The van der Waals surface area contributed by atoms with Gasteiger partial charge in [-0.1, -0.05) is 0 Å². The number of rotatable bonds is 8. The van der Waals surface area contributed by atoms with E-state index >= 15 is 0 Å². The van der Waals surface area contributed by atoms with Gasteiger partial charge in [0.15, 0.2) is 6.67 Å². The van der Waals surface area contributed by atoms with Crippen LogP contribution in [0.25, 0.3) is 0 Å². The Hall–Kier alpha value is -1.44. The van der Waals surface area contributed by atoms with Crippen LogP contribution in [0.2, 0.25) is 0 Å². The van der Waals surface area contributed by atoms with Gasteiger partial charge in [-0.25, -0.2) is 9.18 Å². The van der Waals surface area contributed by atoms with Crippen molar-refractivity contribution in [2.45, 2.75) is 42.5 Å². The Kier molecular flexibility index (Phi) is 6.01. The number of carbonyl (C=O) groups excluding carboxylic acids is 1. The minimum Gasteiger partial charge on any atom is -0.461 e. The van der Waals surface area contributed by atoms with Crippen LogP contribution in [0.3, 0.4) is 0 Å². The van der Waals surface area contributed by atoms with Gasteiger partial charge in [0.05, 0.1) is 6.61 Å². The van der Waals surface area contributed by atoms with Crippen molar-refractivity contribution in [2.24, 2.45) is 0 Å². The molecule has 0 aromatic heterocycles. The Balaban J connectivity index is 6.31. The first-order valence-electron chi connectivity index (χ1n) is 5.79. The molecule has 150 valence electrons. The van der Waals surface area contributed by atoms with Gasteiger partial charge in [-0.05, 0) is 6.92 Å². The molecule has 0 saturated heterocycles. The minimum absolute atomic E-state index is 0.703. The molecular weight excluding hydrogens is 399 g/mol. The Morgan fingerprint density at radius 3 is 1.40 bits per heavy atom. The van der Waals surface area contributed by atoms with E-state index in [1.54, 1.807) is 0 Å². The van der Waals surface area contributed by atoms with Crippen molar-refractivity contribution in [1.82, 2.24) is 0 Å². The largest absolute Gasteiger partial charge is 0.461 e. The highest BCUT2D eigenvalue weighted by atomic mass is 19.4. The summed E-state index contributed by atoms with van der Waals surface area (Å²) in [6.45, 7) is -4.14. The number of alkyl halides is 13. The molecule has 0 radical (unpaired) electrons. The lowest BCUT2D eigenvalue weighted by molar-refractivity contribution is -0.421. The van der Waals surface area contributed by atoms with Gasteiger partial charge in [0.2, 0.25) is 0 Å². The molecule has 0 aliphatic heterocycles. The molecule has 0 bridgehead atoms.